The standard InChI is InChI=1S/C19H18Cl4N2O3S/c1-28-17(27)14-12-4-2-3-5-13(12)29-16(14)25-18(19(21,22)23)24-15(26)10-6-8-11(20)9-7-10/h6-9,18,25H,2-5H2,1H3,(H,24,26)/t18-/m1/s1. The topological polar surface area (TPSA) is 67.4 Å². The lowest BCUT2D eigenvalue weighted by Gasteiger charge is -2.27. The number of carbonyl (C=O) groups is 2. The molecule has 0 unspecified atom stereocenters. The number of benzene rings is 1. The van der Waals surface area contributed by atoms with Crippen LogP contribution in [0.4, 0.5) is 5.00 Å². The van der Waals surface area contributed by atoms with Gasteiger partial charge in [-0.05, 0) is 55.5 Å². The van der Waals surface area contributed by atoms with Gasteiger partial charge in [0.1, 0.15) is 11.2 Å². The first-order valence-corrected chi connectivity index (χ1v) is 11.2. The van der Waals surface area contributed by atoms with E-state index in [1.807, 2.05) is 0 Å². The monoisotopic (exact) mass is 494 g/mol. The van der Waals surface area contributed by atoms with Gasteiger partial charge in [-0.1, -0.05) is 46.4 Å². The van der Waals surface area contributed by atoms with Gasteiger partial charge in [0.05, 0.1) is 12.7 Å². The van der Waals surface area contributed by atoms with E-state index in [9.17, 15) is 9.59 Å². The number of alkyl halides is 3. The number of halogens is 4. The van der Waals surface area contributed by atoms with Crippen LogP contribution in [0.1, 0.15) is 44.0 Å². The van der Waals surface area contributed by atoms with Gasteiger partial charge >= 0.3 is 5.97 Å². The van der Waals surface area contributed by atoms with Gasteiger partial charge in [-0.3, -0.25) is 4.79 Å². The molecule has 1 heterocycles. The fraction of sp³-hybridized carbons (Fsp3) is 0.368. The molecule has 3 rings (SSSR count). The molecule has 0 saturated carbocycles. The van der Waals surface area contributed by atoms with E-state index in [1.165, 1.54) is 18.4 Å². The van der Waals surface area contributed by atoms with Crippen LogP contribution in [-0.4, -0.2) is 28.9 Å². The van der Waals surface area contributed by atoms with Crippen molar-refractivity contribution in [3.63, 3.8) is 0 Å². The summed E-state index contributed by atoms with van der Waals surface area (Å²) in [6, 6.07) is 6.32. The molecule has 29 heavy (non-hydrogen) atoms. The molecule has 1 amide bonds. The number of carbonyl (C=O) groups excluding carboxylic acids is 2. The number of rotatable bonds is 5. The molecule has 1 aromatic carbocycles. The Labute approximate surface area is 192 Å². The second kappa shape index (κ2) is 9.31. The smallest absolute Gasteiger partial charge is 0.341 e. The fourth-order valence-electron chi connectivity index (χ4n) is 3.13. The van der Waals surface area contributed by atoms with Gasteiger partial charge in [0.25, 0.3) is 5.91 Å². The van der Waals surface area contributed by atoms with Gasteiger partial charge in [-0.2, -0.15) is 0 Å². The van der Waals surface area contributed by atoms with Crippen molar-refractivity contribution >= 4 is 74.6 Å². The maximum absolute atomic E-state index is 12.6. The molecule has 0 fully saturated rings. The SMILES string of the molecule is COC(=O)c1c(N[C@@H](NC(=O)c2ccc(Cl)cc2)C(Cl)(Cl)Cl)sc2c1CCCC2. The average Bonchev–Trinajstić information content (AvgIpc) is 3.04. The van der Waals surface area contributed by atoms with Crippen LogP contribution in [0, 0.1) is 0 Å². The van der Waals surface area contributed by atoms with Gasteiger partial charge in [-0.15, -0.1) is 11.3 Å². The predicted octanol–water partition coefficient (Wildman–Crippen LogP) is 5.61. The van der Waals surface area contributed by atoms with Crippen LogP contribution in [0.25, 0.3) is 0 Å². The Morgan fingerprint density at radius 2 is 1.79 bits per heavy atom. The number of anilines is 1. The van der Waals surface area contributed by atoms with Gasteiger partial charge < -0.3 is 15.4 Å². The summed E-state index contributed by atoms with van der Waals surface area (Å²) in [5, 5.41) is 6.72. The summed E-state index contributed by atoms with van der Waals surface area (Å²) in [6.07, 6.45) is 2.62. The largest absolute Gasteiger partial charge is 0.465 e. The maximum Gasteiger partial charge on any atom is 0.341 e. The lowest BCUT2D eigenvalue weighted by molar-refractivity contribution is 0.0600. The van der Waals surface area contributed by atoms with Crippen LogP contribution in [0.3, 0.4) is 0 Å². The lowest BCUT2D eigenvalue weighted by Crippen LogP contribution is -2.49. The van der Waals surface area contributed by atoms with Crippen LogP contribution in [0.5, 0.6) is 0 Å². The van der Waals surface area contributed by atoms with E-state index in [4.69, 9.17) is 51.1 Å². The van der Waals surface area contributed by atoms with Crippen molar-refractivity contribution in [2.24, 2.45) is 0 Å². The molecule has 0 bridgehead atoms. The third-order valence-electron chi connectivity index (χ3n) is 4.55. The van der Waals surface area contributed by atoms with Crippen LogP contribution < -0.4 is 10.6 Å². The first-order valence-electron chi connectivity index (χ1n) is 8.83. The summed E-state index contributed by atoms with van der Waals surface area (Å²) in [5.41, 5.74) is 1.75. The molecular weight excluding hydrogens is 478 g/mol. The number of esters is 1. The van der Waals surface area contributed by atoms with Gasteiger partial charge in [0, 0.05) is 15.5 Å². The minimum absolute atomic E-state index is 0.356. The van der Waals surface area contributed by atoms with Gasteiger partial charge in [0.2, 0.25) is 3.79 Å². The van der Waals surface area contributed by atoms with Crippen LogP contribution in [0.2, 0.25) is 5.02 Å². The molecule has 156 valence electrons. The fourth-order valence-corrected chi connectivity index (χ4v) is 4.89. The molecule has 1 atom stereocenters. The summed E-state index contributed by atoms with van der Waals surface area (Å²) < 4.78 is 3.08. The third kappa shape index (κ3) is 5.30. The summed E-state index contributed by atoms with van der Waals surface area (Å²) in [5.74, 6) is -0.912. The van der Waals surface area contributed by atoms with E-state index in [2.05, 4.69) is 10.6 Å². The molecule has 0 aliphatic heterocycles. The number of hydrogen-bond acceptors (Lipinski definition) is 5. The zero-order valence-corrected chi connectivity index (χ0v) is 19.2. The Balaban J connectivity index is 1.89. The van der Waals surface area contributed by atoms with E-state index < -0.39 is 21.8 Å². The maximum atomic E-state index is 12.6. The van der Waals surface area contributed by atoms with Gasteiger partial charge in [0.15, 0.2) is 0 Å². The first kappa shape index (κ1) is 22.5. The number of methoxy groups -OCH3 is 1. The van der Waals surface area contributed by atoms with E-state index >= 15 is 0 Å². The highest BCUT2D eigenvalue weighted by Gasteiger charge is 2.36. The Morgan fingerprint density at radius 1 is 1.14 bits per heavy atom. The van der Waals surface area contributed by atoms with E-state index in [0.717, 1.165) is 36.1 Å². The highest BCUT2D eigenvalue weighted by molar-refractivity contribution is 7.16. The zero-order chi connectivity index (χ0) is 21.2. The van der Waals surface area contributed by atoms with Crippen molar-refractivity contribution in [2.45, 2.75) is 35.6 Å². The van der Waals surface area contributed by atoms with E-state index in [-0.39, 0.29) is 0 Å². The quantitative estimate of drug-likeness (QED) is 0.321. The van der Waals surface area contributed by atoms with Crippen molar-refractivity contribution < 1.29 is 14.3 Å². The molecule has 2 aromatic rings. The van der Waals surface area contributed by atoms with E-state index in [0.29, 0.717) is 21.2 Å². The third-order valence-corrected chi connectivity index (χ3v) is 6.68. The Kier molecular flexibility index (Phi) is 7.23. The molecule has 2 N–H and O–H groups in total. The number of aryl methyl sites for hydroxylation is 1. The van der Waals surface area contributed by atoms with Crippen LogP contribution in [-0.2, 0) is 17.6 Å². The van der Waals surface area contributed by atoms with Gasteiger partial charge in [-0.25, -0.2) is 4.79 Å². The van der Waals surface area contributed by atoms with Crippen molar-refractivity contribution in [3.05, 3.63) is 50.9 Å². The lowest BCUT2D eigenvalue weighted by atomic mass is 9.95. The molecule has 1 aromatic heterocycles. The predicted molar refractivity (Wildman–Crippen MR) is 119 cm³/mol. The highest BCUT2D eigenvalue weighted by Crippen LogP contribution is 2.40. The summed E-state index contributed by atoms with van der Waals surface area (Å²) in [7, 11) is 1.33. The second-order valence-electron chi connectivity index (χ2n) is 6.51. The van der Waals surface area contributed by atoms with Crippen molar-refractivity contribution in [2.75, 3.05) is 12.4 Å². The summed E-state index contributed by atoms with van der Waals surface area (Å²) in [6.45, 7) is 0. The zero-order valence-electron chi connectivity index (χ0n) is 15.4. The van der Waals surface area contributed by atoms with Crippen LogP contribution >= 0.6 is 57.7 Å². The minimum atomic E-state index is -1.88. The van der Waals surface area contributed by atoms with Crippen molar-refractivity contribution in [1.82, 2.24) is 5.32 Å². The van der Waals surface area contributed by atoms with Crippen LogP contribution in [0.15, 0.2) is 24.3 Å². The minimum Gasteiger partial charge on any atom is -0.465 e. The number of thiophene rings is 1. The first-order chi connectivity index (χ1) is 13.7. The number of fused-ring (bicyclic) bond motifs is 1. The number of hydrogen-bond donors (Lipinski definition) is 2. The molecule has 0 spiro atoms. The van der Waals surface area contributed by atoms with Crippen molar-refractivity contribution in [1.29, 1.82) is 0 Å². The molecule has 1 aliphatic rings. The molecule has 0 saturated heterocycles. The molecule has 1 aliphatic carbocycles. The molecule has 10 heteroatoms. The Morgan fingerprint density at radius 3 is 2.41 bits per heavy atom. The van der Waals surface area contributed by atoms with Crippen molar-refractivity contribution in [3.8, 4) is 0 Å². The number of nitrogens with one attached hydrogen (secondary N) is 2. The summed E-state index contributed by atoms with van der Waals surface area (Å²) in [4.78, 5) is 26.1. The molecule has 0 radical (unpaired) electrons. The Bertz CT molecular complexity index is 909. The number of amides is 1. The number of ether oxygens (including phenoxy) is 1. The second-order valence-corrected chi connectivity index (χ2v) is 10.4. The molecule has 5 nitrogen and oxygen atoms in total. The Hall–Kier alpha value is -1.18. The average molecular weight is 496 g/mol. The highest BCUT2D eigenvalue weighted by atomic mass is 35.6. The molecular formula is C19H18Cl4N2O3S. The summed E-state index contributed by atoms with van der Waals surface area (Å²) >= 11 is 25.6. The normalized spacial score (nSPS) is 14.7. The van der Waals surface area contributed by atoms with E-state index in [1.54, 1.807) is 24.3 Å².